The molecule has 3 aromatic rings. The first-order valence-electron chi connectivity index (χ1n) is 12.5. The normalized spacial score (nSPS) is 16.0. The van der Waals surface area contributed by atoms with Gasteiger partial charge in [-0.15, -0.1) is 0 Å². The van der Waals surface area contributed by atoms with Crippen LogP contribution < -0.4 is 20.1 Å². The average molecular weight is 497 g/mol. The van der Waals surface area contributed by atoms with Gasteiger partial charge < -0.3 is 28.8 Å². The third-order valence-electron chi connectivity index (χ3n) is 6.24. The number of carbonyl (C=O) groups excluding carboxylic acids is 1. The third-order valence-corrected chi connectivity index (χ3v) is 6.24. The molecule has 0 saturated carbocycles. The lowest BCUT2D eigenvalue weighted by Gasteiger charge is -2.22. The minimum atomic E-state index is -0.199. The maximum absolute atomic E-state index is 13.2. The van der Waals surface area contributed by atoms with E-state index >= 15 is 0 Å². The van der Waals surface area contributed by atoms with Gasteiger partial charge in [0, 0.05) is 32.4 Å². The second-order valence-corrected chi connectivity index (χ2v) is 8.93. The maximum Gasteiger partial charge on any atom is 0.257 e. The molecule has 36 heavy (non-hydrogen) atoms. The second-order valence-electron chi connectivity index (χ2n) is 8.93. The van der Waals surface area contributed by atoms with Crippen molar-refractivity contribution in [1.29, 1.82) is 0 Å². The number of nitrogens with one attached hydrogen (secondary N) is 2. The lowest BCUT2D eigenvalue weighted by Crippen LogP contribution is -2.26. The van der Waals surface area contributed by atoms with Gasteiger partial charge in [-0.2, -0.15) is 0 Å². The highest BCUT2D eigenvalue weighted by Gasteiger charge is 2.26. The zero-order chi connectivity index (χ0) is 25.3. The number of hydrogen-bond acceptors (Lipinski definition) is 7. The van der Waals surface area contributed by atoms with Gasteiger partial charge in [-0.3, -0.25) is 10.1 Å². The number of fused-ring (bicyclic) bond motifs is 1. The Kier molecular flexibility index (Phi) is 9.16. The van der Waals surface area contributed by atoms with Crippen molar-refractivity contribution < 1.29 is 23.7 Å². The summed E-state index contributed by atoms with van der Waals surface area (Å²) >= 11 is 0. The molecule has 1 fully saturated rings. The molecule has 9 heteroatoms. The van der Waals surface area contributed by atoms with Gasteiger partial charge >= 0.3 is 0 Å². The number of methoxy groups -OCH3 is 2. The molecule has 2 aromatic carbocycles. The molecule has 1 aliphatic rings. The Morgan fingerprint density at radius 3 is 2.67 bits per heavy atom. The summed E-state index contributed by atoms with van der Waals surface area (Å²) in [5.74, 6) is 1.49. The van der Waals surface area contributed by atoms with E-state index in [9.17, 15) is 4.79 Å². The summed E-state index contributed by atoms with van der Waals surface area (Å²) in [5, 5.41) is 6.60. The Balaban J connectivity index is 1.80. The number of aryl methyl sites for hydroxylation is 1. The predicted molar refractivity (Wildman–Crippen MR) is 139 cm³/mol. The largest absolute Gasteiger partial charge is 0.487 e. The van der Waals surface area contributed by atoms with E-state index in [0.29, 0.717) is 49.4 Å². The fourth-order valence-electron chi connectivity index (χ4n) is 4.48. The number of benzene rings is 2. The smallest absolute Gasteiger partial charge is 0.257 e. The van der Waals surface area contributed by atoms with E-state index < -0.39 is 0 Å². The van der Waals surface area contributed by atoms with Gasteiger partial charge in [-0.25, -0.2) is 4.98 Å². The van der Waals surface area contributed by atoms with Crippen molar-refractivity contribution in [3.05, 3.63) is 47.5 Å². The summed E-state index contributed by atoms with van der Waals surface area (Å²) in [4.78, 5) is 18.1. The summed E-state index contributed by atoms with van der Waals surface area (Å²) in [6, 6.07) is 11.4. The van der Waals surface area contributed by atoms with Gasteiger partial charge in [0.15, 0.2) is 11.5 Å². The van der Waals surface area contributed by atoms with E-state index in [0.717, 1.165) is 48.9 Å². The monoisotopic (exact) mass is 496 g/mol. The molecule has 4 rings (SSSR count). The Bertz CT molecular complexity index is 1150. The summed E-state index contributed by atoms with van der Waals surface area (Å²) in [6.07, 6.45) is 3.14. The quantitative estimate of drug-likeness (QED) is 0.388. The SMILES string of the molecule is COCCOc1ccc2nc(NC(=O)c3cccc(C)c3)n(C3CCCCNC3)c2c1OCCOC. The molecular weight excluding hydrogens is 460 g/mol. The third kappa shape index (κ3) is 6.16. The van der Waals surface area contributed by atoms with E-state index in [4.69, 9.17) is 23.9 Å². The molecule has 2 N–H and O–H groups in total. The van der Waals surface area contributed by atoms with Crippen molar-refractivity contribution in [2.24, 2.45) is 0 Å². The van der Waals surface area contributed by atoms with Crippen LogP contribution in [0.15, 0.2) is 36.4 Å². The van der Waals surface area contributed by atoms with Crippen LogP contribution >= 0.6 is 0 Å². The van der Waals surface area contributed by atoms with Crippen molar-refractivity contribution in [2.75, 3.05) is 59.1 Å². The molecule has 9 nitrogen and oxygen atoms in total. The molecule has 0 aliphatic carbocycles. The molecule has 2 heterocycles. The van der Waals surface area contributed by atoms with Crippen LogP contribution in [0.3, 0.4) is 0 Å². The second kappa shape index (κ2) is 12.7. The van der Waals surface area contributed by atoms with E-state index in [1.165, 1.54) is 0 Å². The van der Waals surface area contributed by atoms with Crippen LogP contribution in [0, 0.1) is 6.92 Å². The predicted octanol–water partition coefficient (Wildman–Crippen LogP) is 3.96. The van der Waals surface area contributed by atoms with E-state index in [-0.39, 0.29) is 11.9 Å². The Morgan fingerprint density at radius 1 is 1.08 bits per heavy atom. The lowest BCUT2D eigenvalue weighted by atomic mass is 10.1. The number of amides is 1. The summed E-state index contributed by atoms with van der Waals surface area (Å²) < 4.78 is 24.7. The van der Waals surface area contributed by atoms with Gasteiger partial charge in [0.25, 0.3) is 5.91 Å². The average Bonchev–Trinajstić information content (AvgIpc) is 3.03. The first-order valence-corrected chi connectivity index (χ1v) is 12.5. The van der Waals surface area contributed by atoms with Crippen LogP contribution in [0.4, 0.5) is 5.95 Å². The van der Waals surface area contributed by atoms with Gasteiger partial charge in [0.2, 0.25) is 5.95 Å². The van der Waals surface area contributed by atoms with Gasteiger partial charge in [-0.1, -0.05) is 24.1 Å². The number of ether oxygens (including phenoxy) is 4. The van der Waals surface area contributed by atoms with Crippen molar-refractivity contribution in [3.8, 4) is 11.5 Å². The number of anilines is 1. The fourth-order valence-corrected chi connectivity index (χ4v) is 4.48. The molecule has 1 amide bonds. The first-order chi connectivity index (χ1) is 17.6. The van der Waals surface area contributed by atoms with Crippen LogP contribution in [0.25, 0.3) is 11.0 Å². The number of rotatable bonds is 11. The summed E-state index contributed by atoms with van der Waals surface area (Å²) in [7, 11) is 3.28. The zero-order valence-electron chi connectivity index (χ0n) is 21.3. The fraction of sp³-hybridized carbons (Fsp3) is 0.481. The molecular formula is C27H36N4O5. The van der Waals surface area contributed by atoms with Crippen molar-refractivity contribution in [1.82, 2.24) is 14.9 Å². The molecule has 0 radical (unpaired) electrons. The zero-order valence-corrected chi connectivity index (χ0v) is 21.3. The van der Waals surface area contributed by atoms with Crippen molar-refractivity contribution in [2.45, 2.75) is 32.2 Å². The topological polar surface area (TPSA) is 95.9 Å². The molecule has 1 aromatic heterocycles. The molecule has 1 saturated heterocycles. The maximum atomic E-state index is 13.2. The van der Waals surface area contributed by atoms with E-state index in [1.54, 1.807) is 14.2 Å². The molecule has 0 spiro atoms. The Hall–Kier alpha value is -3.14. The number of imidazole rings is 1. The summed E-state index contributed by atoms with van der Waals surface area (Å²) in [6.45, 7) is 5.34. The van der Waals surface area contributed by atoms with Crippen LogP contribution in [-0.4, -0.2) is 69.2 Å². The molecule has 194 valence electrons. The number of hydrogen-bond donors (Lipinski definition) is 2. The van der Waals surface area contributed by atoms with Crippen molar-refractivity contribution in [3.63, 3.8) is 0 Å². The van der Waals surface area contributed by atoms with E-state index in [1.807, 2.05) is 43.3 Å². The minimum Gasteiger partial charge on any atom is -0.487 e. The molecule has 1 aliphatic heterocycles. The van der Waals surface area contributed by atoms with Gasteiger partial charge in [-0.05, 0) is 50.6 Å². The minimum absolute atomic E-state index is 0.0873. The highest BCUT2D eigenvalue weighted by Crippen LogP contribution is 2.40. The standard InChI is InChI=1S/C27H36N4O5/c1-19-7-6-8-20(17-19)26(32)30-27-29-22-10-11-23(35-15-13-33-2)25(36-16-14-34-3)24(22)31(27)21-9-4-5-12-28-18-21/h6-8,10-11,17,21,28H,4-5,9,12-16,18H2,1-3H3,(H,29,30,32). The van der Waals surface area contributed by atoms with Crippen LogP contribution in [0.2, 0.25) is 0 Å². The highest BCUT2D eigenvalue weighted by molar-refractivity contribution is 6.04. The van der Waals surface area contributed by atoms with Gasteiger partial charge in [0.05, 0.1) is 18.7 Å². The van der Waals surface area contributed by atoms with Crippen LogP contribution in [-0.2, 0) is 9.47 Å². The van der Waals surface area contributed by atoms with Crippen LogP contribution in [0.1, 0.15) is 41.2 Å². The number of aromatic nitrogens is 2. The van der Waals surface area contributed by atoms with E-state index in [2.05, 4.69) is 15.2 Å². The Morgan fingerprint density at radius 2 is 1.89 bits per heavy atom. The molecule has 1 atom stereocenters. The highest BCUT2D eigenvalue weighted by atomic mass is 16.5. The number of carbonyl (C=O) groups is 1. The summed E-state index contributed by atoms with van der Waals surface area (Å²) in [5.41, 5.74) is 3.14. The molecule has 0 bridgehead atoms. The van der Waals surface area contributed by atoms with Gasteiger partial charge in [0.1, 0.15) is 18.7 Å². The number of nitrogens with zero attached hydrogens (tertiary/aromatic N) is 2. The Labute approximate surface area is 212 Å². The first kappa shape index (κ1) is 25.9. The van der Waals surface area contributed by atoms with Crippen molar-refractivity contribution >= 4 is 22.9 Å². The van der Waals surface area contributed by atoms with Crippen LogP contribution in [0.5, 0.6) is 11.5 Å². The lowest BCUT2D eigenvalue weighted by molar-refractivity contribution is 0.102. The molecule has 1 unspecified atom stereocenters.